The molecule has 0 unspecified atom stereocenters. The number of hydrogen-bond acceptors (Lipinski definition) is 3. The molecule has 0 spiro atoms. The number of halogens is 1. The van der Waals surface area contributed by atoms with E-state index < -0.39 is 5.24 Å². The summed E-state index contributed by atoms with van der Waals surface area (Å²) in [5, 5.41) is -0.592. The Morgan fingerprint density at radius 2 is 2.00 bits per heavy atom. The number of carbonyl (C=O) groups excluding carboxylic acids is 1. The van der Waals surface area contributed by atoms with Gasteiger partial charge in [-0.15, -0.1) is 0 Å². The predicted molar refractivity (Wildman–Crippen MR) is 43.9 cm³/mol. The monoisotopic (exact) mass is 186 g/mol. The third-order valence-electron chi connectivity index (χ3n) is 1.07. The second-order valence-corrected chi connectivity index (χ2v) is 2.44. The van der Waals surface area contributed by atoms with E-state index in [0.29, 0.717) is 5.75 Å². The summed E-state index contributed by atoms with van der Waals surface area (Å²) in [5.74, 6) is 0.537. The molecule has 0 atom stereocenters. The fraction of sp³-hybridized carbons (Fsp3) is 0.125. The van der Waals surface area contributed by atoms with Crippen molar-refractivity contribution in [1.82, 2.24) is 0 Å². The van der Waals surface area contributed by atoms with Crippen molar-refractivity contribution in [3.05, 3.63) is 30.3 Å². The topological polar surface area (TPSA) is 35.5 Å². The summed E-state index contributed by atoms with van der Waals surface area (Å²) in [6.45, 7) is -0.254. The molecule has 0 radical (unpaired) electrons. The van der Waals surface area contributed by atoms with Crippen LogP contribution in [0.2, 0.25) is 0 Å². The summed E-state index contributed by atoms with van der Waals surface area (Å²) in [4.78, 5) is 19.4. The van der Waals surface area contributed by atoms with Crippen molar-refractivity contribution < 1.29 is 14.6 Å². The molecule has 0 aliphatic rings. The van der Waals surface area contributed by atoms with Gasteiger partial charge in [0.05, 0.1) is 0 Å². The van der Waals surface area contributed by atoms with Crippen molar-refractivity contribution in [2.75, 3.05) is 6.61 Å². The lowest BCUT2D eigenvalue weighted by Gasteiger charge is -2.00. The van der Waals surface area contributed by atoms with Crippen molar-refractivity contribution in [3.8, 4) is 5.75 Å². The molecule has 0 saturated carbocycles. The summed E-state index contributed by atoms with van der Waals surface area (Å²) in [7, 11) is 0. The van der Waals surface area contributed by atoms with Crippen molar-refractivity contribution in [2.45, 2.75) is 0 Å². The summed E-state index contributed by atoms with van der Waals surface area (Å²) in [5.41, 5.74) is 0. The number of carbonyl (C=O) groups is 1. The van der Waals surface area contributed by atoms with Gasteiger partial charge in [-0.25, -0.2) is 0 Å². The average molecular weight is 187 g/mol. The molecule has 1 aromatic rings. The van der Waals surface area contributed by atoms with Crippen LogP contribution in [0.4, 0.5) is 0 Å². The minimum Gasteiger partial charge on any atom is -0.337 e. The van der Waals surface area contributed by atoms with Crippen molar-refractivity contribution in [1.29, 1.82) is 0 Å². The molecule has 0 fully saturated rings. The second kappa shape index (κ2) is 4.74. The Labute approximate surface area is 74.8 Å². The molecule has 64 valence electrons. The Morgan fingerprint density at radius 3 is 2.58 bits per heavy atom. The van der Waals surface area contributed by atoms with Crippen LogP contribution in [0.15, 0.2) is 30.3 Å². The number of para-hydroxylation sites is 1. The van der Waals surface area contributed by atoms with E-state index in [4.69, 9.17) is 16.5 Å². The lowest BCUT2D eigenvalue weighted by atomic mass is 10.3. The molecule has 0 N–H and O–H groups in total. The number of rotatable bonds is 4. The maximum absolute atomic E-state index is 10.2. The van der Waals surface area contributed by atoms with Crippen LogP contribution in [0, 0.1) is 0 Å². The van der Waals surface area contributed by atoms with Crippen LogP contribution in [0.3, 0.4) is 0 Å². The lowest BCUT2D eigenvalue weighted by Crippen LogP contribution is -2.04. The average Bonchev–Trinajstić information content (AvgIpc) is 2.05. The van der Waals surface area contributed by atoms with Crippen LogP contribution in [0.5, 0.6) is 5.75 Å². The van der Waals surface area contributed by atoms with E-state index in [-0.39, 0.29) is 6.61 Å². The van der Waals surface area contributed by atoms with Crippen LogP contribution in [-0.4, -0.2) is 11.8 Å². The smallest absolute Gasteiger partial charge is 0.251 e. The van der Waals surface area contributed by atoms with Gasteiger partial charge in [-0.05, 0) is 23.7 Å². The number of benzene rings is 1. The van der Waals surface area contributed by atoms with Crippen molar-refractivity contribution in [3.63, 3.8) is 0 Å². The van der Waals surface area contributed by atoms with Crippen LogP contribution >= 0.6 is 11.6 Å². The van der Waals surface area contributed by atoms with Crippen molar-refractivity contribution >= 4 is 16.8 Å². The van der Waals surface area contributed by atoms with E-state index in [1.54, 1.807) is 24.3 Å². The minimum absolute atomic E-state index is 0.254. The first kappa shape index (κ1) is 9.03. The van der Waals surface area contributed by atoms with E-state index in [9.17, 15) is 4.79 Å². The highest BCUT2D eigenvalue weighted by atomic mass is 35.5. The first-order chi connectivity index (χ1) is 5.79. The van der Waals surface area contributed by atoms with E-state index >= 15 is 0 Å². The lowest BCUT2D eigenvalue weighted by molar-refractivity contribution is -0.203. The van der Waals surface area contributed by atoms with Gasteiger partial charge in [-0.2, -0.15) is 4.89 Å². The molecular formula is C8H7ClO3. The zero-order valence-corrected chi connectivity index (χ0v) is 6.95. The van der Waals surface area contributed by atoms with E-state index in [2.05, 4.69) is 4.89 Å². The highest BCUT2D eigenvalue weighted by Crippen LogP contribution is 2.08. The molecule has 0 aromatic heterocycles. The molecule has 0 saturated heterocycles. The Morgan fingerprint density at radius 1 is 1.33 bits per heavy atom. The zero-order valence-electron chi connectivity index (χ0n) is 6.20. The van der Waals surface area contributed by atoms with Gasteiger partial charge in [0.15, 0.2) is 12.4 Å². The number of hydrogen-bond donors (Lipinski definition) is 0. The molecule has 0 aliphatic heterocycles. The van der Waals surface area contributed by atoms with Crippen LogP contribution in [0.1, 0.15) is 0 Å². The zero-order chi connectivity index (χ0) is 8.81. The molecular weight excluding hydrogens is 180 g/mol. The van der Waals surface area contributed by atoms with Crippen LogP contribution in [-0.2, 0) is 9.68 Å². The molecule has 0 bridgehead atoms. The van der Waals surface area contributed by atoms with Gasteiger partial charge < -0.3 is 4.89 Å². The Hall–Kier alpha value is -1.06. The minimum atomic E-state index is -0.592. The first-order valence-corrected chi connectivity index (χ1v) is 3.69. The van der Waals surface area contributed by atoms with Gasteiger partial charge in [-0.1, -0.05) is 18.2 Å². The van der Waals surface area contributed by atoms with Crippen LogP contribution in [0.25, 0.3) is 0 Å². The highest BCUT2D eigenvalue weighted by Gasteiger charge is 1.97. The normalized spacial score (nSPS) is 9.42. The Balaban J connectivity index is 2.29. The van der Waals surface area contributed by atoms with Gasteiger partial charge in [0.25, 0.3) is 5.24 Å². The standard InChI is InChI=1S/C8H7ClO3/c9-8(10)6-11-12-7-4-2-1-3-5-7/h1-5H,6H2. The maximum Gasteiger partial charge on any atom is 0.251 e. The van der Waals surface area contributed by atoms with E-state index in [1.165, 1.54) is 0 Å². The van der Waals surface area contributed by atoms with Gasteiger partial charge in [0.2, 0.25) is 0 Å². The molecule has 0 aliphatic carbocycles. The summed E-state index contributed by atoms with van der Waals surface area (Å²) >= 11 is 5.00. The van der Waals surface area contributed by atoms with Gasteiger partial charge in [0.1, 0.15) is 0 Å². The molecule has 0 heterocycles. The fourth-order valence-corrected chi connectivity index (χ4v) is 0.664. The highest BCUT2D eigenvalue weighted by molar-refractivity contribution is 6.63. The Kier molecular flexibility index (Phi) is 3.57. The van der Waals surface area contributed by atoms with Crippen molar-refractivity contribution in [2.24, 2.45) is 0 Å². The first-order valence-electron chi connectivity index (χ1n) is 3.32. The summed E-state index contributed by atoms with van der Waals surface area (Å²) < 4.78 is 0. The molecule has 3 nitrogen and oxygen atoms in total. The molecule has 1 rings (SSSR count). The van der Waals surface area contributed by atoms with Gasteiger partial charge in [-0.3, -0.25) is 4.79 Å². The maximum atomic E-state index is 10.2. The summed E-state index contributed by atoms with van der Waals surface area (Å²) in [6, 6.07) is 8.85. The van der Waals surface area contributed by atoms with Gasteiger partial charge >= 0.3 is 0 Å². The SMILES string of the molecule is O=C(Cl)COOc1ccccc1. The van der Waals surface area contributed by atoms with Crippen LogP contribution < -0.4 is 4.89 Å². The fourth-order valence-electron chi connectivity index (χ4n) is 0.620. The molecule has 12 heavy (non-hydrogen) atoms. The second-order valence-electron chi connectivity index (χ2n) is 2.01. The molecule has 4 heteroatoms. The molecule has 0 amide bonds. The third kappa shape index (κ3) is 3.37. The predicted octanol–water partition coefficient (Wildman–Crippen LogP) is 1.76. The van der Waals surface area contributed by atoms with E-state index in [1.807, 2.05) is 6.07 Å². The largest absolute Gasteiger partial charge is 0.337 e. The quantitative estimate of drug-likeness (QED) is 0.408. The molecule has 1 aromatic carbocycles. The Bertz CT molecular complexity index is 248. The van der Waals surface area contributed by atoms with Gasteiger partial charge in [0, 0.05) is 0 Å². The summed E-state index contributed by atoms with van der Waals surface area (Å²) in [6.07, 6.45) is 0. The third-order valence-corrected chi connectivity index (χ3v) is 1.18. The van der Waals surface area contributed by atoms with E-state index in [0.717, 1.165) is 0 Å².